The van der Waals surface area contributed by atoms with Crippen molar-refractivity contribution >= 4 is 16.7 Å². The number of rotatable bonds is 0. The molecular formula is C14H13NO. The predicted molar refractivity (Wildman–Crippen MR) is 63.6 cm³/mol. The van der Waals surface area contributed by atoms with E-state index in [4.69, 9.17) is 0 Å². The highest BCUT2D eigenvalue weighted by molar-refractivity contribution is 5.99. The van der Waals surface area contributed by atoms with E-state index in [0.717, 1.165) is 22.9 Å². The summed E-state index contributed by atoms with van der Waals surface area (Å²) >= 11 is 0. The lowest BCUT2D eigenvalue weighted by Crippen LogP contribution is -2.19. The number of pyridine rings is 1. The van der Waals surface area contributed by atoms with Crippen molar-refractivity contribution in [2.24, 2.45) is 5.92 Å². The van der Waals surface area contributed by atoms with Crippen molar-refractivity contribution in [2.45, 2.75) is 19.8 Å². The van der Waals surface area contributed by atoms with Crippen LogP contribution in [-0.2, 0) is 6.42 Å². The zero-order chi connectivity index (χ0) is 11.1. The van der Waals surface area contributed by atoms with Gasteiger partial charge in [0.25, 0.3) is 0 Å². The first-order valence-corrected chi connectivity index (χ1v) is 5.66. The Labute approximate surface area is 94.3 Å². The third kappa shape index (κ3) is 1.42. The molecule has 1 aromatic carbocycles. The van der Waals surface area contributed by atoms with Gasteiger partial charge in [0.05, 0.1) is 5.52 Å². The summed E-state index contributed by atoms with van der Waals surface area (Å²) in [6.45, 7) is 2.12. The van der Waals surface area contributed by atoms with Crippen LogP contribution in [0.1, 0.15) is 29.4 Å². The van der Waals surface area contributed by atoms with Crippen LogP contribution in [0.5, 0.6) is 0 Å². The number of hydrogen-bond acceptors (Lipinski definition) is 2. The number of benzene rings is 1. The molecule has 1 atom stereocenters. The fourth-order valence-corrected chi connectivity index (χ4v) is 2.42. The fraction of sp³-hybridized carbons (Fsp3) is 0.286. The fourth-order valence-electron chi connectivity index (χ4n) is 2.42. The molecule has 0 spiro atoms. The Kier molecular flexibility index (Phi) is 2.03. The van der Waals surface area contributed by atoms with E-state index >= 15 is 0 Å². The molecule has 1 aromatic heterocycles. The molecule has 1 heterocycles. The highest BCUT2D eigenvalue weighted by atomic mass is 16.1. The Morgan fingerprint density at radius 1 is 1.25 bits per heavy atom. The maximum Gasteiger partial charge on any atom is 0.181 e. The van der Waals surface area contributed by atoms with Gasteiger partial charge in [0.1, 0.15) is 5.69 Å². The van der Waals surface area contributed by atoms with Gasteiger partial charge in [-0.1, -0.05) is 25.1 Å². The van der Waals surface area contributed by atoms with E-state index < -0.39 is 0 Å². The van der Waals surface area contributed by atoms with Crippen molar-refractivity contribution in [3.05, 3.63) is 41.6 Å². The number of aromatic nitrogens is 1. The minimum atomic E-state index is 0.194. The molecule has 0 bridgehead atoms. The van der Waals surface area contributed by atoms with Crippen LogP contribution in [0.4, 0.5) is 0 Å². The summed E-state index contributed by atoms with van der Waals surface area (Å²) in [5, 5.41) is 1.13. The zero-order valence-electron chi connectivity index (χ0n) is 9.23. The number of carbonyl (C=O) groups excluding carboxylic acids is 1. The van der Waals surface area contributed by atoms with Crippen LogP contribution in [0.2, 0.25) is 0 Å². The van der Waals surface area contributed by atoms with Crippen LogP contribution in [0, 0.1) is 5.92 Å². The van der Waals surface area contributed by atoms with Gasteiger partial charge in [-0.25, -0.2) is 4.98 Å². The quantitative estimate of drug-likeness (QED) is 0.670. The van der Waals surface area contributed by atoms with E-state index in [2.05, 4.69) is 18.0 Å². The number of carbonyl (C=O) groups is 1. The first-order valence-electron chi connectivity index (χ1n) is 5.66. The van der Waals surface area contributed by atoms with Crippen LogP contribution in [0.3, 0.4) is 0 Å². The van der Waals surface area contributed by atoms with E-state index in [1.54, 1.807) is 0 Å². The minimum absolute atomic E-state index is 0.194. The van der Waals surface area contributed by atoms with Crippen molar-refractivity contribution in [1.82, 2.24) is 4.98 Å². The monoisotopic (exact) mass is 211 g/mol. The Balaban J connectivity index is 2.26. The highest BCUT2D eigenvalue weighted by Crippen LogP contribution is 2.26. The molecule has 0 fully saturated rings. The molecule has 2 nitrogen and oxygen atoms in total. The summed E-state index contributed by atoms with van der Waals surface area (Å²) in [5.74, 6) is 0.641. The Morgan fingerprint density at radius 3 is 2.94 bits per heavy atom. The van der Waals surface area contributed by atoms with Crippen LogP contribution in [0.25, 0.3) is 10.9 Å². The SMILES string of the molecule is CC1CC(=O)c2nc3ccccc3cc2C1. The maximum absolute atomic E-state index is 11.9. The summed E-state index contributed by atoms with van der Waals surface area (Å²) in [6.07, 6.45) is 1.61. The lowest BCUT2D eigenvalue weighted by atomic mass is 9.86. The number of ketones is 1. The van der Waals surface area contributed by atoms with E-state index in [0.29, 0.717) is 18.0 Å². The van der Waals surface area contributed by atoms with Crippen LogP contribution < -0.4 is 0 Å². The van der Waals surface area contributed by atoms with Crippen LogP contribution in [0.15, 0.2) is 30.3 Å². The summed E-state index contributed by atoms with van der Waals surface area (Å²) in [7, 11) is 0. The van der Waals surface area contributed by atoms with Gasteiger partial charge in [0.15, 0.2) is 5.78 Å². The van der Waals surface area contributed by atoms with Crippen molar-refractivity contribution < 1.29 is 4.79 Å². The number of hydrogen-bond donors (Lipinski definition) is 0. The van der Waals surface area contributed by atoms with Gasteiger partial charge in [0, 0.05) is 11.8 Å². The van der Waals surface area contributed by atoms with Gasteiger partial charge in [-0.3, -0.25) is 4.79 Å². The van der Waals surface area contributed by atoms with Crippen molar-refractivity contribution in [3.8, 4) is 0 Å². The summed E-state index contributed by atoms with van der Waals surface area (Å²) in [4.78, 5) is 16.4. The molecule has 1 aliphatic rings. The van der Waals surface area contributed by atoms with Gasteiger partial charge in [-0.2, -0.15) is 0 Å². The topological polar surface area (TPSA) is 30.0 Å². The third-order valence-corrected chi connectivity index (χ3v) is 3.17. The molecular weight excluding hydrogens is 198 g/mol. The first kappa shape index (κ1) is 9.52. The Hall–Kier alpha value is -1.70. The van der Waals surface area contributed by atoms with E-state index in [1.165, 1.54) is 0 Å². The molecule has 0 saturated heterocycles. The average molecular weight is 211 g/mol. The zero-order valence-corrected chi connectivity index (χ0v) is 9.23. The molecule has 0 saturated carbocycles. The van der Waals surface area contributed by atoms with E-state index in [-0.39, 0.29) is 5.78 Å². The van der Waals surface area contributed by atoms with Crippen LogP contribution in [-0.4, -0.2) is 10.8 Å². The molecule has 2 aromatic rings. The molecule has 0 aliphatic heterocycles. The predicted octanol–water partition coefficient (Wildman–Crippen LogP) is 3.00. The molecule has 16 heavy (non-hydrogen) atoms. The van der Waals surface area contributed by atoms with Gasteiger partial charge in [-0.15, -0.1) is 0 Å². The molecule has 3 rings (SSSR count). The van der Waals surface area contributed by atoms with Crippen molar-refractivity contribution in [2.75, 3.05) is 0 Å². The highest BCUT2D eigenvalue weighted by Gasteiger charge is 2.23. The van der Waals surface area contributed by atoms with E-state index in [1.807, 2.05) is 24.3 Å². The first-order chi connectivity index (χ1) is 7.74. The normalized spacial score (nSPS) is 19.8. The van der Waals surface area contributed by atoms with Gasteiger partial charge in [-0.05, 0) is 30.0 Å². The van der Waals surface area contributed by atoms with Gasteiger partial charge in [0.2, 0.25) is 0 Å². The lowest BCUT2D eigenvalue weighted by Gasteiger charge is -2.19. The van der Waals surface area contributed by atoms with E-state index in [9.17, 15) is 4.79 Å². The third-order valence-electron chi connectivity index (χ3n) is 3.17. The number of nitrogens with zero attached hydrogens (tertiary/aromatic N) is 1. The Morgan fingerprint density at radius 2 is 2.06 bits per heavy atom. The standard InChI is InChI=1S/C14H13NO/c1-9-6-11-8-10-4-2-3-5-12(10)15-14(11)13(16)7-9/h2-5,8-9H,6-7H2,1H3. The largest absolute Gasteiger partial charge is 0.292 e. The summed E-state index contributed by atoms with van der Waals surface area (Å²) in [6, 6.07) is 10.1. The number of para-hydroxylation sites is 1. The van der Waals surface area contributed by atoms with Crippen molar-refractivity contribution in [3.63, 3.8) is 0 Å². The summed E-state index contributed by atoms with van der Waals surface area (Å²) in [5.41, 5.74) is 2.73. The average Bonchev–Trinajstić information content (AvgIpc) is 2.27. The summed E-state index contributed by atoms with van der Waals surface area (Å²) < 4.78 is 0. The number of Topliss-reactive ketones (excluding diaryl/α,β-unsaturated/α-hetero) is 1. The van der Waals surface area contributed by atoms with Crippen LogP contribution >= 0.6 is 0 Å². The smallest absolute Gasteiger partial charge is 0.181 e. The second-order valence-electron chi connectivity index (χ2n) is 4.63. The maximum atomic E-state index is 11.9. The molecule has 0 N–H and O–H groups in total. The van der Waals surface area contributed by atoms with Crippen molar-refractivity contribution in [1.29, 1.82) is 0 Å². The molecule has 1 aliphatic carbocycles. The Bertz CT molecular complexity index is 574. The molecule has 0 radical (unpaired) electrons. The molecule has 2 heteroatoms. The second-order valence-corrected chi connectivity index (χ2v) is 4.63. The van der Waals surface area contributed by atoms with Gasteiger partial charge < -0.3 is 0 Å². The second kappa shape index (κ2) is 3.41. The number of fused-ring (bicyclic) bond motifs is 2. The molecule has 0 amide bonds. The molecule has 80 valence electrons. The lowest BCUT2D eigenvalue weighted by molar-refractivity contribution is 0.0948. The minimum Gasteiger partial charge on any atom is -0.292 e. The van der Waals surface area contributed by atoms with Gasteiger partial charge >= 0.3 is 0 Å². The molecule has 1 unspecified atom stereocenters.